The Morgan fingerprint density at radius 3 is 2.25 bits per heavy atom. The minimum Gasteiger partial charge on any atom is -0.340 e. The molecule has 0 spiro atoms. The fourth-order valence-electron chi connectivity index (χ4n) is 2.61. The minimum absolute atomic E-state index is 0.0810. The monoisotopic (exact) mass is 389 g/mol. The molecule has 1 amide bonds. The summed E-state index contributed by atoms with van der Waals surface area (Å²) < 4.78 is 43.3. The summed E-state index contributed by atoms with van der Waals surface area (Å²) in [4.78, 5) is 16.8. The van der Waals surface area contributed by atoms with Crippen LogP contribution in [-0.2, 0) is 6.18 Å². The normalized spacial score (nSPS) is 12.8. The maximum atomic E-state index is 12.7. The summed E-state index contributed by atoms with van der Waals surface area (Å²) in [5.74, 6) is 0.0218. The maximum absolute atomic E-state index is 12.7. The van der Waals surface area contributed by atoms with Crippen molar-refractivity contribution in [2.75, 3.05) is 0 Å². The zero-order valence-corrected chi connectivity index (χ0v) is 15.2. The number of nitrogens with zero attached hydrogens (tertiary/aromatic N) is 2. The summed E-state index contributed by atoms with van der Waals surface area (Å²) in [5, 5.41) is 6.70. The number of amides is 1. The SMILES string of the molecule is CC(C)C(NC(=O)c1ccc(C(F)(F)F)cc1)c1nc(-c2ccccc2)no1. The molecule has 5 nitrogen and oxygen atoms in total. The first-order chi connectivity index (χ1) is 13.3. The van der Waals surface area contributed by atoms with E-state index in [2.05, 4.69) is 15.5 Å². The van der Waals surface area contributed by atoms with Gasteiger partial charge in [0.05, 0.1) is 5.56 Å². The molecule has 1 heterocycles. The van der Waals surface area contributed by atoms with Crippen LogP contribution in [0.1, 0.15) is 41.7 Å². The third-order valence-corrected chi connectivity index (χ3v) is 4.17. The average molecular weight is 389 g/mol. The van der Waals surface area contributed by atoms with E-state index in [0.717, 1.165) is 29.8 Å². The van der Waals surface area contributed by atoms with Gasteiger partial charge in [0.15, 0.2) is 0 Å². The van der Waals surface area contributed by atoms with E-state index in [1.165, 1.54) is 0 Å². The standard InChI is InChI=1S/C20H18F3N3O2/c1-12(2)16(19-25-17(26-28-19)13-6-4-3-5-7-13)24-18(27)14-8-10-15(11-9-14)20(21,22)23/h3-12,16H,1-2H3,(H,24,27). The Labute approximate surface area is 159 Å². The Kier molecular flexibility index (Phi) is 5.48. The van der Waals surface area contributed by atoms with Crippen molar-refractivity contribution in [2.24, 2.45) is 5.92 Å². The molecule has 0 aliphatic rings. The number of carbonyl (C=O) groups excluding carboxylic acids is 1. The van der Waals surface area contributed by atoms with Crippen molar-refractivity contribution in [1.82, 2.24) is 15.5 Å². The van der Waals surface area contributed by atoms with E-state index >= 15 is 0 Å². The summed E-state index contributed by atoms with van der Waals surface area (Å²) >= 11 is 0. The number of hydrogen-bond acceptors (Lipinski definition) is 4. The molecule has 0 bridgehead atoms. The molecule has 3 aromatic rings. The van der Waals surface area contributed by atoms with Crippen LogP contribution < -0.4 is 5.32 Å². The summed E-state index contributed by atoms with van der Waals surface area (Å²) in [6.45, 7) is 3.73. The molecule has 3 rings (SSSR count). The predicted molar refractivity (Wildman–Crippen MR) is 96.2 cm³/mol. The van der Waals surface area contributed by atoms with Gasteiger partial charge in [-0.15, -0.1) is 0 Å². The lowest BCUT2D eigenvalue weighted by atomic mass is 10.0. The highest BCUT2D eigenvalue weighted by atomic mass is 19.4. The first-order valence-electron chi connectivity index (χ1n) is 8.63. The van der Waals surface area contributed by atoms with E-state index in [1.807, 2.05) is 44.2 Å². The molecule has 1 atom stereocenters. The quantitative estimate of drug-likeness (QED) is 0.675. The second-order valence-electron chi connectivity index (χ2n) is 6.59. The van der Waals surface area contributed by atoms with E-state index < -0.39 is 23.7 Å². The Balaban J connectivity index is 1.78. The van der Waals surface area contributed by atoms with Gasteiger partial charge in [0.2, 0.25) is 11.7 Å². The zero-order valence-electron chi connectivity index (χ0n) is 15.2. The maximum Gasteiger partial charge on any atom is 0.416 e. The van der Waals surface area contributed by atoms with Gasteiger partial charge in [0.25, 0.3) is 5.91 Å². The molecule has 0 saturated carbocycles. The van der Waals surface area contributed by atoms with Gasteiger partial charge in [-0.05, 0) is 30.2 Å². The number of halogens is 3. The van der Waals surface area contributed by atoms with Gasteiger partial charge in [-0.1, -0.05) is 49.3 Å². The van der Waals surface area contributed by atoms with Gasteiger partial charge in [-0.3, -0.25) is 4.79 Å². The van der Waals surface area contributed by atoms with Crippen molar-refractivity contribution in [2.45, 2.75) is 26.1 Å². The lowest BCUT2D eigenvalue weighted by Gasteiger charge is -2.18. The highest BCUT2D eigenvalue weighted by molar-refractivity contribution is 5.94. The second kappa shape index (κ2) is 7.84. The summed E-state index contributed by atoms with van der Waals surface area (Å²) in [6.07, 6.45) is -4.45. The number of benzene rings is 2. The van der Waals surface area contributed by atoms with E-state index in [1.54, 1.807) is 0 Å². The van der Waals surface area contributed by atoms with Crippen molar-refractivity contribution in [1.29, 1.82) is 0 Å². The molecule has 0 saturated heterocycles. The van der Waals surface area contributed by atoms with Crippen LogP contribution in [0.4, 0.5) is 13.2 Å². The second-order valence-corrected chi connectivity index (χ2v) is 6.59. The van der Waals surface area contributed by atoms with Crippen molar-refractivity contribution < 1.29 is 22.5 Å². The number of alkyl halides is 3. The van der Waals surface area contributed by atoms with Crippen LogP contribution in [0.5, 0.6) is 0 Å². The van der Waals surface area contributed by atoms with Crippen molar-refractivity contribution >= 4 is 5.91 Å². The van der Waals surface area contributed by atoms with Gasteiger partial charge in [-0.2, -0.15) is 18.2 Å². The van der Waals surface area contributed by atoms with Crippen molar-refractivity contribution in [3.63, 3.8) is 0 Å². The van der Waals surface area contributed by atoms with Crippen LogP contribution in [-0.4, -0.2) is 16.0 Å². The molecule has 0 fully saturated rings. The lowest BCUT2D eigenvalue weighted by Crippen LogP contribution is -2.32. The lowest BCUT2D eigenvalue weighted by molar-refractivity contribution is -0.137. The topological polar surface area (TPSA) is 68.0 Å². The van der Waals surface area contributed by atoms with Gasteiger partial charge in [-0.25, -0.2) is 0 Å². The zero-order chi connectivity index (χ0) is 20.3. The molecule has 1 aromatic heterocycles. The Bertz CT molecular complexity index is 935. The number of carbonyl (C=O) groups is 1. The fourth-order valence-corrected chi connectivity index (χ4v) is 2.61. The molecule has 2 aromatic carbocycles. The molecule has 0 radical (unpaired) electrons. The van der Waals surface area contributed by atoms with Crippen LogP contribution in [0.25, 0.3) is 11.4 Å². The van der Waals surface area contributed by atoms with Crippen LogP contribution in [0.15, 0.2) is 59.1 Å². The van der Waals surface area contributed by atoms with Gasteiger partial charge >= 0.3 is 6.18 Å². The molecule has 146 valence electrons. The number of rotatable bonds is 5. The Morgan fingerprint density at radius 2 is 1.68 bits per heavy atom. The molecule has 0 aliphatic heterocycles. The van der Waals surface area contributed by atoms with Gasteiger partial charge in [0.1, 0.15) is 6.04 Å². The van der Waals surface area contributed by atoms with Crippen LogP contribution in [0.2, 0.25) is 0 Å². The largest absolute Gasteiger partial charge is 0.416 e. The van der Waals surface area contributed by atoms with E-state index in [9.17, 15) is 18.0 Å². The summed E-state index contributed by atoms with van der Waals surface area (Å²) in [7, 11) is 0. The number of nitrogens with one attached hydrogen (secondary N) is 1. The number of aromatic nitrogens is 2. The fraction of sp³-hybridized carbons (Fsp3) is 0.250. The molecule has 1 unspecified atom stereocenters. The third kappa shape index (κ3) is 4.39. The molecule has 8 heteroatoms. The molecule has 1 N–H and O–H groups in total. The summed E-state index contributed by atoms with van der Waals surface area (Å²) in [6, 6.07) is 12.7. The molecular formula is C20H18F3N3O2. The highest BCUT2D eigenvalue weighted by Gasteiger charge is 2.30. The highest BCUT2D eigenvalue weighted by Crippen LogP contribution is 2.29. The third-order valence-electron chi connectivity index (χ3n) is 4.17. The smallest absolute Gasteiger partial charge is 0.340 e. The average Bonchev–Trinajstić information content (AvgIpc) is 3.15. The first-order valence-corrected chi connectivity index (χ1v) is 8.63. The molecular weight excluding hydrogens is 371 g/mol. The van der Waals surface area contributed by atoms with Crippen molar-refractivity contribution in [3.8, 4) is 11.4 Å². The van der Waals surface area contributed by atoms with E-state index in [-0.39, 0.29) is 17.4 Å². The Hall–Kier alpha value is -3.16. The summed E-state index contributed by atoms with van der Waals surface area (Å²) in [5.41, 5.74) is 0.0735. The van der Waals surface area contributed by atoms with E-state index in [0.29, 0.717) is 5.82 Å². The van der Waals surface area contributed by atoms with Crippen LogP contribution in [0, 0.1) is 5.92 Å². The minimum atomic E-state index is -4.45. The van der Waals surface area contributed by atoms with Gasteiger partial charge < -0.3 is 9.84 Å². The molecule has 28 heavy (non-hydrogen) atoms. The van der Waals surface area contributed by atoms with Crippen LogP contribution in [0.3, 0.4) is 0 Å². The van der Waals surface area contributed by atoms with E-state index in [4.69, 9.17) is 4.52 Å². The van der Waals surface area contributed by atoms with Gasteiger partial charge in [0, 0.05) is 11.1 Å². The Morgan fingerprint density at radius 1 is 1.04 bits per heavy atom. The number of hydrogen-bond donors (Lipinski definition) is 1. The van der Waals surface area contributed by atoms with Crippen LogP contribution >= 0.6 is 0 Å². The predicted octanol–water partition coefficient (Wildman–Crippen LogP) is 4.88. The molecule has 0 aliphatic carbocycles. The first kappa shape index (κ1) is 19.6. The van der Waals surface area contributed by atoms with Crippen molar-refractivity contribution in [3.05, 3.63) is 71.6 Å².